The van der Waals surface area contributed by atoms with Gasteiger partial charge in [0.2, 0.25) is 51.7 Å². The first kappa shape index (κ1) is 106. The highest BCUT2D eigenvalue weighted by molar-refractivity contribution is 7.85. The van der Waals surface area contributed by atoms with E-state index in [4.69, 9.17) is 47.6 Å². The normalized spacial score (nSPS) is 11.8. The van der Waals surface area contributed by atoms with Crippen LogP contribution < -0.4 is 101 Å². The molecule has 20 N–H and O–H groups in total. The van der Waals surface area contributed by atoms with Gasteiger partial charge in [-0.05, 0) is 166 Å². The average molecular weight is 2030 g/mol. The molecular formula is C99H106N24O21S2. The number of ether oxygens (including phenoxy) is 4. The number of anilines is 4. The van der Waals surface area contributed by atoms with E-state index in [0.29, 0.717) is 123 Å². The molecule has 0 aliphatic heterocycles. The molecule has 45 nitrogen and oxygen atoms in total. The van der Waals surface area contributed by atoms with Gasteiger partial charge in [0.1, 0.15) is 23.6 Å². The molecule has 760 valence electrons. The Hall–Kier alpha value is -17.0. The molecule has 2 atom stereocenters. The number of primary amides is 1. The summed E-state index contributed by atoms with van der Waals surface area (Å²) >= 11 is 0. The maximum Gasteiger partial charge on any atom is 0.345 e. The second-order valence-electron chi connectivity index (χ2n) is 33.7. The number of carbonyl (C=O) groups is 9. The molecule has 47 heteroatoms. The van der Waals surface area contributed by atoms with Crippen LogP contribution in [-0.4, -0.2) is 208 Å². The number of carbonyl (C=O) groups excluding carboxylic acids is 9. The molecule has 7 amide bonds. The molecule has 0 bridgehead atoms. The number of nitrogens with two attached hydrogens (primary N) is 5. The van der Waals surface area contributed by atoms with Gasteiger partial charge in [0, 0.05) is 121 Å². The first-order chi connectivity index (χ1) is 69.9. The molecule has 0 radical (unpaired) electrons. The van der Waals surface area contributed by atoms with Crippen molar-refractivity contribution in [3.63, 3.8) is 0 Å². The number of benzene rings is 8. The van der Waals surface area contributed by atoms with Crippen LogP contribution in [0.15, 0.2) is 197 Å². The van der Waals surface area contributed by atoms with Gasteiger partial charge >= 0.3 is 11.9 Å². The summed E-state index contributed by atoms with van der Waals surface area (Å²) in [5, 5.41) is 25.1. The summed E-state index contributed by atoms with van der Waals surface area (Å²) in [7, 11) is -8.83. The number of nitrogens with zero attached hydrogens (tertiary/aromatic N) is 9. The van der Waals surface area contributed by atoms with Crippen molar-refractivity contribution < 1.29 is 97.2 Å². The lowest BCUT2D eigenvalue weighted by Gasteiger charge is -2.18. The number of para-hydroxylation sites is 4. The molecule has 0 fully saturated rings. The highest BCUT2D eigenvalue weighted by atomic mass is 32.2. The predicted octanol–water partition coefficient (Wildman–Crippen LogP) is 4.19. The van der Waals surface area contributed by atoms with Crippen LogP contribution in [0.4, 0.5) is 23.3 Å². The van der Waals surface area contributed by atoms with Crippen molar-refractivity contribution >= 4 is 169 Å². The zero-order valence-electron chi connectivity index (χ0n) is 79.6. The summed E-state index contributed by atoms with van der Waals surface area (Å²) < 4.78 is 95.3. The van der Waals surface area contributed by atoms with E-state index in [0.717, 1.165) is 0 Å². The average Bonchev–Trinajstić information content (AvgIpc) is 0.746. The summed E-state index contributed by atoms with van der Waals surface area (Å²) in [6.45, 7) is 8.84. The van der Waals surface area contributed by atoms with E-state index in [2.05, 4.69) is 87.4 Å². The number of nitrogens with one attached hydrogen (secondary N) is 10. The molecule has 0 saturated heterocycles. The van der Waals surface area contributed by atoms with E-state index in [1.165, 1.54) is 12.4 Å². The van der Waals surface area contributed by atoms with Crippen LogP contribution >= 0.6 is 0 Å². The highest BCUT2D eigenvalue weighted by Gasteiger charge is 2.31. The lowest BCUT2D eigenvalue weighted by Crippen LogP contribution is -2.47. The number of aryl methyl sites for hydroxylation is 6. The quantitative estimate of drug-likeness (QED) is 0.00372. The Morgan fingerprint density at radius 2 is 0.795 bits per heavy atom. The van der Waals surface area contributed by atoms with Crippen LogP contribution in [0.5, 0.6) is 11.5 Å². The standard InChI is InChI=1S/C50H55N13O10S.C49H51N11O11S/c1-29-25-32(26-30(2)42(29)73-48(68)40-35-9-3-5-12-38(35)63(21-8-24-74(69,70)71)39-13-6-4-10-36(39)40)44(64)54-19-22-72-23-20-55-46(66)37(11-7-18-56-49(51)52)60-45(65)31-14-16-33(17-15-31)57-27-34-28-58-43-41(59-34)47(67)62-50(53)61-43;1-28-24-31(25-29(2)42(28)71-48(66)40-34-8-3-5-10-37(34)60(20-7-23-72(67,68)69)38-11-6-4-9-35(38)40)44(62)52-18-21-70-22-19-53-46(64)36(16-17-39(50)61)57-45(63)30-12-14-32(15-13-30)54-26-33-27-55-43-41(56-33)47(65)59-49(51)58-43/h3-6,9-10,12-17,25-26,28,37H,7-8,11,18-24,27H2,1-2H3,(H11-,51,52,53,54,55,56,57,58,60,61,62,64,65,66,67,69,70,71);3-6,8-15,24-25,27,36H,7,16-23,26H2,1-2H3,(H9-,50,51,52,53,54,55,57,58,59,61,62,63,64,65,67,68,69). The molecule has 0 aliphatic carbocycles. The van der Waals surface area contributed by atoms with Gasteiger partial charge in [0.25, 0.3) is 34.7 Å². The minimum atomic E-state index is -4.42. The van der Waals surface area contributed by atoms with Gasteiger partial charge in [-0.2, -0.15) is 19.1 Å². The Morgan fingerprint density at radius 3 is 1.14 bits per heavy atom. The number of rotatable bonds is 45. The minimum Gasteiger partial charge on any atom is -0.748 e. The smallest absolute Gasteiger partial charge is 0.345 e. The summed E-state index contributed by atoms with van der Waals surface area (Å²) in [5.41, 5.74) is 35.5. The number of fused-ring (bicyclic) bond motifs is 6. The number of pyridine rings is 2. The van der Waals surface area contributed by atoms with Gasteiger partial charge in [-0.1, -0.05) is 48.5 Å². The van der Waals surface area contributed by atoms with Gasteiger partial charge in [0.15, 0.2) is 41.4 Å². The first-order valence-electron chi connectivity index (χ1n) is 46.0. The van der Waals surface area contributed by atoms with Crippen LogP contribution in [0.25, 0.3) is 65.9 Å². The van der Waals surface area contributed by atoms with Crippen LogP contribution in [0, 0.1) is 27.7 Å². The van der Waals surface area contributed by atoms with Crippen LogP contribution in [0.3, 0.4) is 0 Å². The third-order valence-corrected chi connectivity index (χ3v) is 24.5. The van der Waals surface area contributed by atoms with E-state index in [1.54, 1.807) is 173 Å². The lowest BCUT2D eigenvalue weighted by molar-refractivity contribution is -0.645. The second-order valence-corrected chi connectivity index (χ2v) is 36.7. The number of hydrogen-bond donors (Lipinski definition) is 15. The van der Waals surface area contributed by atoms with Crippen LogP contribution in [-0.2, 0) is 70.3 Å². The number of aliphatic imine (C=N–C) groups is 1. The summed E-state index contributed by atoms with van der Waals surface area (Å²) in [4.78, 5) is 177. The molecule has 6 aromatic heterocycles. The number of amides is 7. The van der Waals surface area contributed by atoms with E-state index in [1.807, 2.05) is 33.4 Å². The SMILES string of the molecule is Cc1cc(C(=O)NCCOCCNC(=O)C(CCC(N)=O)NC(=O)c2ccc(NCc3cnc4nc(N)[nH]c(=O)c4n3)cc2)cc(C)c1OC(=O)c1c2ccccc2[n+](CCCS(=O)(=O)[O-])c2ccccc12.Cc1cc(C(=O)NCCOCCNC(=O)C(CCCN=C(N)N)NC(=O)c2ccc(NCc3cnc4nc(N)[nH]c(=O)c4n3)cc2)cc(C)c1OC(=O)c1c2ccccc2[n+](CCCS(=O)(=O)[O-])c2ccccc12. The third-order valence-electron chi connectivity index (χ3n) is 22.9. The predicted molar refractivity (Wildman–Crippen MR) is 539 cm³/mol. The Morgan fingerprint density at radius 1 is 0.445 bits per heavy atom. The van der Waals surface area contributed by atoms with Gasteiger partial charge in [-0.15, -0.1) is 0 Å². The molecule has 0 spiro atoms. The summed E-state index contributed by atoms with van der Waals surface area (Å²) in [5.74, 6) is -5.46. The van der Waals surface area contributed by atoms with Crippen molar-refractivity contribution in [2.45, 2.75) is 104 Å². The first-order valence-corrected chi connectivity index (χ1v) is 49.2. The number of aromatic amines is 2. The van der Waals surface area contributed by atoms with E-state index < -0.39 is 102 Å². The topological polar surface area (TPSA) is 694 Å². The van der Waals surface area contributed by atoms with Gasteiger partial charge < -0.3 is 99.3 Å². The van der Waals surface area contributed by atoms with E-state index >= 15 is 0 Å². The summed E-state index contributed by atoms with van der Waals surface area (Å²) in [6, 6.07) is 46.0. The highest BCUT2D eigenvalue weighted by Crippen LogP contribution is 2.34. The van der Waals surface area contributed by atoms with Gasteiger partial charge in [-0.25, -0.2) is 46.4 Å². The lowest BCUT2D eigenvalue weighted by atomic mass is 10.0. The molecule has 6 heterocycles. The number of guanidine groups is 1. The molecule has 14 aromatic rings. The third kappa shape index (κ3) is 28.7. The maximum atomic E-state index is 14.1. The second kappa shape index (κ2) is 49.1. The maximum absolute atomic E-state index is 14.1. The van der Waals surface area contributed by atoms with E-state index in [-0.39, 0.29) is 181 Å². The van der Waals surface area contributed by atoms with Crippen molar-refractivity contribution in [3.8, 4) is 11.5 Å². The van der Waals surface area contributed by atoms with Crippen molar-refractivity contribution in [2.75, 3.05) is 92.8 Å². The Bertz CT molecular complexity index is 7570. The molecule has 2 unspecified atom stereocenters. The minimum absolute atomic E-state index is 0.0392. The molecule has 14 rings (SSSR count). The Kier molecular flexibility index (Phi) is 35.8. The fourth-order valence-electron chi connectivity index (χ4n) is 16.1. The Labute approximate surface area is 834 Å². The molecule has 8 aromatic carbocycles. The Balaban J connectivity index is 0.000000244. The van der Waals surface area contributed by atoms with Gasteiger partial charge in [0.05, 0.1) is 116 Å². The molecule has 0 aliphatic rings. The number of aromatic nitrogens is 10. The van der Waals surface area contributed by atoms with Crippen molar-refractivity contribution in [1.82, 2.24) is 71.8 Å². The fourth-order valence-corrected chi connectivity index (χ4v) is 17.1. The zero-order valence-corrected chi connectivity index (χ0v) is 81.3. The summed E-state index contributed by atoms with van der Waals surface area (Å²) in [6.07, 6.45) is 3.51. The van der Waals surface area contributed by atoms with Crippen molar-refractivity contribution in [2.24, 2.45) is 22.2 Å². The number of hydrogen-bond acceptors (Lipinski definition) is 32. The fraction of sp³-hybridized carbons (Fsp3) is 0.273. The van der Waals surface area contributed by atoms with Gasteiger partial charge in [-0.3, -0.25) is 58.1 Å². The van der Waals surface area contributed by atoms with Crippen LogP contribution in [0.2, 0.25) is 0 Å². The molecule has 146 heavy (non-hydrogen) atoms. The van der Waals surface area contributed by atoms with Crippen molar-refractivity contribution in [3.05, 3.63) is 270 Å². The molecule has 0 saturated carbocycles. The zero-order chi connectivity index (χ0) is 104. The molecular weight excluding hydrogens is 1930 g/mol. The monoisotopic (exact) mass is 2030 g/mol. The van der Waals surface area contributed by atoms with Crippen LogP contribution in [0.1, 0.15) is 134 Å². The number of nitrogen functional groups attached to an aromatic ring is 2. The largest absolute Gasteiger partial charge is 0.748 e. The number of H-pyrrole nitrogens is 2. The van der Waals surface area contributed by atoms with Crippen molar-refractivity contribution in [1.29, 1.82) is 0 Å². The number of esters is 2. The van der Waals surface area contributed by atoms with E-state index in [9.17, 15) is 78.7 Å².